The van der Waals surface area contributed by atoms with Crippen LogP contribution < -0.4 is 10.1 Å². The summed E-state index contributed by atoms with van der Waals surface area (Å²) in [5.41, 5.74) is 1.03. The average Bonchev–Trinajstić information content (AvgIpc) is 2.86. The number of fused-ring (bicyclic) bond motifs is 1. The van der Waals surface area contributed by atoms with Gasteiger partial charge in [-0.3, -0.25) is 0 Å². The van der Waals surface area contributed by atoms with Gasteiger partial charge in [0.1, 0.15) is 12.1 Å². The number of anilines is 1. The molecule has 88 valence electrons. The molecule has 0 aliphatic carbocycles. The molecule has 1 unspecified atom stereocenters. The number of hydrogen-bond donors (Lipinski definition) is 1. The van der Waals surface area contributed by atoms with Crippen LogP contribution in [0, 0.1) is 0 Å². The SMILES string of the molecule is CCn1cnnc1C1CNc2ccccc2O1. The van der Waals surface area contributed by atoms with Crippen molar-refractivity contribution in [2.75, 3.05) is 11.9 Å². The highest BCUT2D eigenvalue weighted by molar-refractivity contribution is 5.57. The topological polar surface area (TPSA) is 52.0 Å². The summed E-state index contributed by atoms with van der Waals surface area (Å²) in [4.78, 5) is 0. The van der Waals surface area contributed by atoms with E-state index in [4.69, 9.17) is 4.74 Å². The van der Waals surface area contributed by atoms with E-state index in [9.17, 15) is 0 Å². The largest absolute Gasteiger partial charge is 0.478 e. The first-order valence-corrected chi connectivity index (χ1v) is 5.75. The third-order valence-electron chi connectivity index (χ3n) is 2.91. The molecule has 1 atom stereocenters. The van der Waals surface area contributed by atoms with E-state index in [0.29, 0.717) is 0 Å². The fourth-order valence-corrected chi connectivity index (χ4v) is 2.01. The Morgan fingerprint density at radius 1 is 1.47 bits per heavy atom. The zero-order valence-electron chi connectivity index (χ0n) is 9.63. The molecule has 5 heteroatoms. The van der Waals surface area contributed by atoms with E-state index < -0.39 is 0 Å². The van der Waals surface area contributed by atoms with Crippen molar-refractivity contribution in [1.29, 1.82) is 0 Å². The highest BCUT2D eigenvalue weighted by atomic mass is 16.5. The van der Waals surface area contributed by atoms with Crippen LogP contribution in [0.1, 0.15) is 18.9 Å². The van der Waals surface area contributed by atoms with Gasteiger partial charge in [-0.05, 0) is 19.1 Å². The number of nitrogens with zero attached hydrogens (tertiary/aromatic N) is 3. The smallest absolute Gasteiger partial charge is 0.175 e. The molecule has 1 aliphatic rings. The van der Waals surface area contributed by atoms with Crippen LogP contribution in [0.15, 0.2) is 30.6 Å². The Balaban J connectivity index is 1.89. The third-order valence-corrected chi connectivity index (χ3v) is 2.91. The van der Waals surface area contributed by atoms with Crippen LogP contribution in [-0.2, 0) is 6.54 Å². The van der Waals surface area contributed by atoms with Gasteiger partial charge in [-0.15, -0.1) is 10.2 Å². The minimum atomic E-state index is -0.0765. The quantitative estimate of drug-likeness (QED) is 0.855. The van der Waals surface area contributed by atoms with Gasteiger partial charge >= 0.3 is 0 Å². The van der Waals surface area contributed by atoms with Crippen molar-refractivity contribution >= 4 is 5.69 Å². The highest BCUT2D eigenvalue weighted by Gasteiger charge is 2.24. The molecule has 3 rings (SSSR count). The van der Waals surface area contributed by atoms with Crippen molar-refractivity contribution in [2.24, 2.45) is 0 Å². The highest BCUT2D eigenvalue weighted by Crippen LogP contribution is 2.32. The summed E-state index contributed by atoms with van der Waals surface area (Å²) in [6.07, 6.45) is 1.66. The Bertz CT molecular complexity index is 523. The summed E-state index contributed by atoms with van der Waals surface area (Å²) < 4.78 is 7.93. The monoisotopic (exact) mass is 230 g/mol. The molecule has 17 heavy (non-hydrogen) atoms. The molecule has 2 heterocycles. The second-order valence-electron chi connectivity index (χ2n) is 3.96. The molecule has 0 amide bonds. The predicted molar refractivity (Wildman–Crippen MR) is 64.0 cm³/mol. The first-order chi connectivity index (χ1) is 8.38. The maximum absolute atomic E-state index is 5.93. The second kappa shape index (κ2) is 4.08. The molecular formula is C12H14N4O. The number of rotatable bonds is 2. The summed E-state index contributed by atoms with van der Waals surface area (Å²) in [7, 11) is 0. The summed E-state index contributed by atoms with van der Waals surface area (Å²) in [5, 5.41) is 11.4. The summed E-state index contributed by atoms with van der Waals surface area (Å²) in [5.74, 6) is 1.74. The maximum atomic E-state index is 5.93. The Morgan fingerprint density at radius 2 is 2.35 bits per heavy atom. The summed E-state index contributed by atoms with van der Waals surface area (Å²) in [6.45, 7) is 3.64. The molecule has 2 aromatic rings. The second-order valence-corrected chi connectivity index (χ2v) is 3.96. The van der Waals surface area contributed by atoms with Crippen LogP contribution >= 0.6 is 0 Å². The molecule has 1 N–H and O–H groups in total. The molecule has 0 saturated carbocycles. The van der Waals surface area contributed by atoms with Gasteiger partial charge in [-0.1, -0.05) is 12.1 Å². The van der Waals surface area contributed by atoms with E-state index in [2.05, 4.69) is 22.4 Å². The molecular weight excluding hydrogens is 216 g/mol. The fourth-order valence-electron chi connectivity index (χ4n) is 2.01. The van der Waals surface area contributed by atoms with E-state index in [1.807, 2.05) is 28.8 Å². The molecule has 1 aliphatic heterocycles. The first-order valence-electron chi connectivity index (χ1n) is 5.75. The van der Waals surface area contributed by atoms with Gasteiger partial charge in [-0.25, -0.2) is 0 Å². The Morgan fingerprint density at radius 3 is 3.24 bits per heavy atom. The lowest BCUT2D eigenvalue weighted by molar-refractivity contribution is 0.195. The van der Waals surface area contributed by atoms with Crippen LogP contribution in [0.3, 0.4) is 0 Å². The number of hydrogen-bond acceptors (Lipinski definition) is 4. The van der Waals surface area contributed by atoms with Crippen molar-refractivity contribution in [1.82, 2.24) is 14.8 Å². The first kappa shape index (κ1) is 10.1. The Hall–Kier alpha value is -2.04. The van der Waals surface area contributed by atoms with Crippen molar-refractivity contribution in [3.63, 3.8) is 0 Å². The van der Waals surface area contributed by atoms with Gasteiger partial charge in [0.05, 0.1) is 12.2 Å². The number of ether oxygens (including phenoxy) is 1. The standard InChI is InChI=1S/C12H14N4O/c1-2-16-8-14-15-12(16)11-7-13-9-5-3-4-6-10(9)17-11/h3-6,8,11,13H,2,7H2,1H3. The molecule has 0 radical (unpaired) electrons. The van der Waals surface area contributed by atoms with E-state index in [1.54, 1.807) is 6.33 Å². The number of aromatic nitrogens is 3. The lowest BCUT2D eigenvalue weighted by atomic mass is 10.2. The normalized spacial score (nSPS) is 18.1. The van der Waals surface area contributed by atoms with Gasteiger partial charge < -0.3 is 14.6 Å². The third kappa shape index (κ3) is 1.73. The Labute approximate surface area is 99.4 Å². The number of para-hydroxylation sites is 2. The van der Waals surface area contributed by atoms with Crippen molar-refractivity contribution in [3.05, 3.63) is 36.4 Å². The minimum absolute atomic E-state index is 0.0765. The lowest BCUT2D eigenvalue weighted by Gasteiger charge is -2.26. The molecule has 0 spiro atoms. The minimum Gasteiger partial charge on any atom is -0.478 e. The van der Waals surface area contributed by atoms with Gasteiger partial charge in [0.15, 0.2) is 11.9 Å². The summed E-state index contributed by atoms with van der Waals surface area (Å²) >= 11 is 0. The van der Waals surface area contributed by atoms with Crippen LogP contribution in [0.2, 0.25) is 0 Å². The summed E-state index contributed by atoms with van der Waals surface area (Å²) in [6, 6.07) is 7.93. The number of nitrogens with one attached hydrogen (secondary N) is 1. The van der Waals surface area contributed by atoms with E-state index in [1.165, 1.54) is 0 Å². The molecule has 0 bridgehead atoms. The van der Waals surface area contributed by atoms with Crippen LogP contribution in [0.25, 0.3) is 0 Å². The maximum Gasteiger partial charge on any atom is 0.175 e. The van der Waals surface area contributed by atoms with E-state index in [0.717, 1.165) is 30.4 Å². The van der Waals surface area contributed by atoms with Gasteiger partial charge in [0.25, 0.3) is 0 Å². The molecule has 5 nitrogen and oxygen atoms in total. The average molecular weight is 230 g/mol. The Kier molecular flexibility index (Phi) is 2.44. The van der Waals surface area contributed by atoms with Crippen LogP contribution in [0.4, 0.5) is 5.69 Å². The lowest BCUT2D eigenvalue weighted by Crippen LogP contribution is -2.26. The number of aryl methyl sites for hydroxylation is 1. The predicted octanol–water partition coefficient (Wildman–Crippen LogP) is 1.84. The zero-order chi connectivity index (χ0) is 11.7. The zero-order valence-corrected chi connectivity index (χ0v) is 9.63. The van der Waals surface area contributed by atoms with Gasteiger partial charge in [-0.2, -0.15) is 0 Å². The van der Waals surface area contributed by atoms with Crippen LogP contribution in [0.5, 0.6) is 5.75 Å². The molecule has 0 fully saturated rings. The molecule has 1 aromatic heterocycles. The molecule has 0 saturated heterocycles. The van der Waals surface area contributed by atoms with Crippen LogP contribution in [-0.4, -0.2) is 21.3 Å². The molecule has 1 aromatic carbocycles. The van der Waals surface area contributed by atoms with E-state index in [-0.39, 0.29) is 6.10 Å². The van der Waals surface area contributed by atoms with E-state index >= 15 is 0 Å². The number of benzene rings is 1. The van der Waals surface area contributed by atoms with Crippen molar-refractivity contribution < 1.29 is 4.74 Å². The fraction of sp³-hybridized carbons (Fsp3) is 0.333. The van der Waals surface area contributed by atoms with Gasteiger partial charge in [0, 0.05) is 6.54 Å². The van der Waals surface area contributed by atoms with Crippen molar-refractivity contribution in [2.45, 2.75) is 19.6 Å². The van der Waals surface area contributed by atoms with Gasteiger partial charge in [0.2, 0.25) is 0 Å². The van der Waals surface area contributed by atoms with Crippen molar-refractivity contribution in [3.8, 4) is 5.75 Å².